The Morgan fingerprint density at radius 1 is 1.03 bits per heavy atom. The number of benzene rings is 3. The van der Waals surface area contributed by atoms with Gasteiger partial charge in [0.15, 0.2) is 5.16 Å². The molecule has 30 heavy (non-hydrogen) atoms. The van der Waals surface area contributed by atoms with E-state index in [0.29, 0.717) is 27.8 Å². The predicted molar refractivity (Wildman–Crippen MR) is 118 cm³/mol. The van der Waals surface area contributed by atoms with Gasteiger partial charge in [-0.15, -0.1) is 0 Å². The van der Waals surface area contributed by atoms with Crippen LogP contribution < -0.4 is 10.1 Å². The van der Waals surface area contributed by atoms with E-state index >= 15 is 0 Å². The molecule has 0 atom stereocenters. The van der Waals surface area contributed by atoms with Gasteiger partial charge in [-0.05, 0) is 54.1 Å². The van der Waals surface area contributed by atoms with Crippen molar-refractivity contribution in [1.82, 2.24) is 15.2 Å². The van der Waals surface area contributed by atoms with Gasteiger partial charge >= 0.3 is 0 Å². The molecule has 0 spiro atoms. The van der Waals surface area contributed by atoms with Crippen molar-refractivity contribution in [2.45, 2.75) is 10.9 Å². The summed E-state index contributed by atoms with van der Waals surface area (Å²) in [6.45, 7) is 0. The SMILES string of the molecule is O=C(Nc1ccc(Oc2ccccc2Cl)cc1)c1ccc(CSc2ncn[nH]2)cc1. The quantitative estimate of drug-likeness (QED) is 0.358. The van der Waals surface area contributed by atoms with E-state index in [9.17, 15) is 4.79 Å². The molecule has 150 valence electrons. The van der Waals surface area contributed by atoms with Crippen LogP contribution in [0.2, 0.25) is 5.02 Å². The molecule has 4 aromatic rings. The van der Waals surface area contributed by atoms with E-state index in [-0.39, 0.29) is 5.91 Å². The summed E-state index contributed by atoms with van der Waals surface area (Å²) in [6, 6.07) is 21.9. The highest BCUT2D eigenvalue weighted by atomic mass is 35.5. The zero-order chi connectivity index (χ0) is 20.8. The van der Waals surface area contributed by atoms with Gasteiger partial charge in [-0.1, -0.05) is 47.6 Å². The number of aromatic amines is 1. The van der Waals surface area contributed by atoms with E-state index in [4.69, 9.17) is 16.3 Å². The fraction of sp³-hybridized carbons (Fsp3) is 0.0455. The molecular weight excluding hydrogens is 420 g/mol. The summed E-state index contributed by atoms with van der Waals surface area (Å²) in [6.07, 6.45) is 1.48. The number of halogens is 1. The minimum absolute atomic E-state index is 0.177. The van der Waals surface area contributed by atoms with Crippen LogP contribution in [0.5, 0.6) is 11.5 Å². The van der Waals surface area contributed by atoms with E-state index in [0.717, 1.165) is 16.5 Å². The first kappa shape index (κ1) is 20.0. The van der Waals surface area contributed by atoms with Crippen LogP contribution in [0.25, 0.3) is 0 Å². The number of para-hydroxylation sites is 1. The fourth-order valence-electron chi connectivity index (χ4n) is 2.63. The number of H-pyrrole nitrogens is 1. The Morgan fingerprint density at radius 2 is 1.80 bits per heavy atom. The molecule has 6 nitrogen and oxygen atoms in total. The van der Waals surface area contributed by atoms with E-state index in [2.05, 4.69) is 20.5 Å². The Bertz CT molecular complexity index is 1120. The summed E-state index contributed by atoms with van der Waals surface area (Å²) in [5.41, 5.74) is 2.35. The summed E-state index contributed by atoms with van der Waals surface area (Å²) in [5.74, 6) is 1.78. The van der Waals surface area contributed by atoms with Gasteiger partial charge in [0.05, 0.1) is 5.02 Å². The molecular formula is C22H17ClN4O2S. The van der Waals surface area contributed by atoms with Gasteiger partial charge in [-0.25, -0.2) is 4.98 Å². The second kappa shape index (κ2) is 9.47. The zero-order valence-corrected chi connectivity index (χ0v) is 17.3. The van der Waals surface area contributed by atoms with Crippen molar-refractivity contribution in [1.29, 1.82) is 0 Å². The van der Waals surface area contributed by atoms with E-state index in [1.807, 2.05) is 24.3 Å². The van der Waals surface area contributed by atoms with Gasteiger partial charge in [0.25, 0.3) is 5.91 Å². The molecule has 2 N–H and O–H groups in total. The Labute approximate surface area is 182 Å². The lowest BCUT2D eigenvalue weighted by molar-refractivity contribution is 0.102. The van der Waals surface area contributed by atoms with Crippen LogP contribution in [0.3, 0.4) is 0 Å². The van der Waals surface area contributed by atoms with E-state index in [1.54, 1.807) is 60.3 Å². The molecule has 4 rings (SSSR count). The van der Waals surface area contributed by atoms with Crippen LogP contribution in [0, 0.1) is 0 Å². The molecule has 1 amide bonds. The Hall–Kier alpha value is -3.29. The fourth-order valence-corrected chi connectivity index (χ4v) is 3.54. The third-order valence-corrected chi connectivity index (χ3v) is 5.42. The van der Waals surface area contributed by atoms with E-state index < -0.39 is 0 Å². The first-order valence-corrected chi connectivity index (χ1v) is 10.4. The van der Waals surface area contributed by atoms with Gasteiger partial charge < -0.3 is 10.1 Å². The maximum atomic E-state index is 12.5. The molecule has 0 radical (unpaired) electrons. The highest BCUT2D eigenvalue weighted by Gasteiger charge is 2.08. The highest BCUT2D eigenvalue weighted by molar-refractivity contribution is 7.98. The van der Waals surface area contributed by atoms with Crippen LogP contribution in [-0.4, -0.2) is 21.1 Å². The Morgan fingerprint density at radius 3 is 2.50 bits per heavy atom. The lowest BCUT2D eigenvalue weighted by atomic mass is 10.1. The van der Waals surface area contributed by atoms with Crippen molar-refractivity contribution in [2.75, 3.05) is 5.32 Å². The number of ether oxygens (including phenoxy) is 1. The molecule has 0 saturated carbocycles. The molecule has 0 aliphatic heterocycles. The maximum absolute atomic E-state index is 12.5. The Kier molecular flexibility index (Phi) is 6.32. The number of anilines is 1. The topological polar surface area (TPSA) is 79.9 Å². The van der Waals surface area contributed by atoms with Crippen molar-refractivity contribution in [3.8, 4) is 11.5 Å². The van der Waals surface area contributed by atoms with Crippen molar-refractivity contribution in [3.05, 3.63) is 95.3 Å². The number of hydrogen-bond donors (Lipinski definition) is 2. The molecule has 0 aliphatic carbocycles. The Balaban J connectivity index is 1.33. The van der Waals surface area contributed by atoms with Crippen LogP contribution in [0.15, 0.2) is 84.3 Å². The van der Waals surface area contributed by atoms with Gasteiger partial charge in [0.2, 0.25) is 0 Å². The lowest BCUT2D eigenvalue weighted by Crippen LogP contribution is -2.11. The second-order valence-electron chi connectivity index (χ2n) is 6.29. The first-order chi connectivity index (χ1) is 14.7. The summed E-state index contributed by atoms with van der Waals surface area (Å²) in [4.78, 5) is 16.6. The molecule has 0 unspecified atom stereocenters. The minimum Gasteiger partial charge on any atom is -0.456 e. The largest absolute Gasteiger partial charge is 0.456 e. The normalized spacial score (nSPS) is 10.6. The number of carbonyl (C=O) groups is 1. The smallest absolute Gasteiger partial charge is 0.255 e. The average molecular weight is 437 g/mol. The minimum atomic E-state index is -0.177. The lowest BCUT2D eigenvalue weighted by Gasteiger charge is -2.09. The molecule has 0 aliphatic rings. The highest BCUT2D eigenvalue weighted by Crippen LogP contribution is 2.29. The predicted octanol–water partition coefficient (Wildman–Crippen LogP) is 5.80. The number of hydrogen-bond acceptors (Lipinski definition) is 5. The van der Waals surface area contributed by atoms with Gasteiger partial charge in [0.1, 0.15) is 17.8 Å². The molecule has 1 aromatic heterocycles. The van der Waals surface area contributed by atoms with Crippen molar-refractivity contribution in [3.63, 3.8) is 0 Å². The number of amides is 1. The average Bonchev–Trinajstić information content (AvgIpc) is 3.29. The number of nitrogens with zero attached hydrogens (tertiary/aromatic N) is 2. The summed E-state index contributed by atoms with van der Waals surface area (Å²) < 4.78 is 5.76. The number of nitrogens with one attached hydrogen (secondary N) is 2. The third kappa shape index (κ3) is 5.20. The summed E-state index contributed by atoms with van der Waals surface area (Å²) >= 11 is 7.66. The molecule has 0 fully saturated rings. The summed E-state index contributed by atoms with van der Waals surface area (Å²) in [7, 11) is 0. The van der Waals surface area contributed by atoms with Crippen molar-refractivity contribution >= 4 is 35.0 Å². The van der Waals surface area contributed by atoms with Gasteiger partial charge in [-0.3, -0.25) is 9.89 Å². The number of rotatable bonds is 7. The van der Waals surface area contributed by atoms with Crippen molar-refractivity contribution in [2.24, 2.45) is 0 Å². The monoisotopic (exact) mass is 436 g/mol. The second-order valence-corrected chi connectivity index (χ2v) is 7.66. The summed E-state index contributed by atoms with van der Waals surface area (Å²) in [5, 5.41) is 10.8. The standard InChI is InChI=1S/C22H17ClN4O2S/c23-19-3-1-2-4-20(19)29-18-11-9-17(10-12-18)26-21(28)16-7-5-15(6-8-16)13-30-22-24-14-25-27-22/h1-12,14H,13H2,(H,26,28)(H,24,25,27). The van der Waals surface area contributed by atoms with E-state index in [1.165, 1.54) is 6.33 Å². The molecule has 8 heteroatoms. The first-order valence-electron chi connectivity index (χ1n) is 9.08. The van der Waals surface area contributed by atoms with Gasteiger partial charge in [0, 0.05) is 17.0 Å². The van der Waals surface area contributed by atoms with Gasteiger partial charge in [-0.2, -0.15) is 5.10 Å². The number of carbonyl (C=O) groups excluding carboxylic acids is 1. The van der Waals surface area contributed by atoms with Crippen LogP contribution in [0.1, 0.15) is 15.9 Å². The molecule has 0 bridgehead atoms. The molecule has 0 saturated heterocycles. The van der Waals surface area contributed by atoms with Crippen LogP contribution in [0.4, 0.5) is 5.69 Å². The maximum Gasteiger partial charge on any atom is 0.255 e. The van der Waals surface area contributed by atoms with Crippen LogP contribution >= 0.6 is 23.4 Å². The number of aromatic nitrogens is 3. The number of thioether (sulfide) groups is 1. The van der Waals surface area contributed by atoms with Crippen molar-refractivity contribution < 1.29 is 9.53 Å². The molecule has 1 heterocycles. The zero-order valence-electron chi connectivity index (χ0n) is 15.7. The third-order valence-electron chi connectivity index (χ3n) is 4.16. The van der Waals surface area contributed by atoms with Crippen LogP contribution in [-0.2, 0) is 5.75 Å². The molecule has 3 aromatic carbocycles.